The minimum absolute atomic E-state index is 0.119. The van der Waals surface area contributed by atoms with E-state index in [2.05, 4.69) is 95.9 Å². The van der Waals surface area contributed by atoms with Crippen LogP contribution in [0.25, 0.3) is 0 Å². The Bertz CT molecular complexity index is 938. The lowest BCUT2D eigenvalue weighted by Gasteiger charge is -2.49. The zero-order valence-electron chi connectivity index (χ0n) is 18.7. The minimum Gasteiger partial charge on any atom is -0.468 e. The van der Waals surface area contributed by atoms with Gasteiger partial charge in [0.1, 0.15) is 6.04 Å². The third kappa shape index (κ3) is 3.36. The zero-order valence-corrected chi connectivity index (χ0v) is 18.7. The molecule has 5 rings (SSSR count). The highest BCUT2D eigenvalue weighted by Gasteiger charge is 2.56. The van der Waals surface area contributed by atoms with Crippen molar-refractivity contribution in [3.63, 3.8) is 0 Å². The maximum absolute atomic E-state index is 13.2. The van der Waals surface area contributed by atoms with Crippen LogP contribution in [-0.4, -0.2) is 30.1 Å². The molecule has 32 heavy (non-hydrogen) atoms. The number of nitrogens with zero attached hydrogens (tertiary/aromatic N) is 1. The van der Waals surface area contributed by atoms with Crippen molar-refractivity contribution in [2.45, 2.75) is 49.7 Å². The van der Waals surface area contributed by atoms with Crippen LogP contribution in [0.4, 0.5) is 0 Å². The van der Waals surface area contributed by atoms with Gasteiger partial charge < -0.3 is 4.74 Å². The van der Waals surface area contributed by atoms with E-state index >= 15 is 0 Å². The smallest absolute Gasteiger partial charge is 0.323 e. The molecule has 3 atom stereocenters. The maximum atomic E-state index is 13.2. The van der Waals surface area contributed by atoms with Gasteiger partial charge in [-0.25, -0.2) is 0 Å². The highest BCUT2D eigenvalue weighted by atomic mass is 16.5. The summed E-state index contributed by atoms with van der Waals surface area (Å²) in [5.41, 5.74) is 3.01. The van der Waals surface area contributed by atoms with Crippen molar-refractivity contribution in [3.8, 4) is 0 Å². The Labute approximate surface area is 191 Å². The third-order valence-electron chi connectivity index (χ3n) is 7.52. The van der Waals surface area contributed by atoms with E-state index in [4.69, 9.17) is 4.74 Å². The number of hydrogen-bond acceptors (Lipinski definition) is 3. The van der Waals surface area contributed by atoms with Gasteiger partial charge in [0, 0.05) is 6.04 Å². The topological polar surface area (TPSA) is 29.5 Å². The lowest BCUT2D eigenvalue weighted by Crippen LogP contribution is -2.56. The van der Waals surface area contributed by atoms with Gasteiger partial charge in [-0.05, 0) is 41.9 Å². The molecule has 0 amide bonds. The van der Waals surface area contributed by atoms with Gasteiger partial charge in [-0.1, -0.05) is 104 Å². The largest absolute Gasteiger partial charge is 0.468 e. The first-order chi connectivity index (χ1) is 15.8. The fourth-order valence-corrected chi connectivity index (χ4v) is 6.27. The van der Waals surface area contributed by atoms with Crippen LogP contribution >= 0.6 is 0 Å². The molecule has 0 spiro atoms. The summed E-state index contributed by atoms with van der Waals surface area (Å²) in [5.74, 6) is 0.398. The van der Waals surface area contributed by atoms with E-state index in [1.807, 2.05) is 0 Å². The van der Waals surface area contributed by atoms with Gasteiger partial charge >= 0.3 is 5.97 Å². The molecule has 0 N–H and O–H groups in total. The van der Waals surface area contributed by atoms with E-state index in [0.717, 1.165) is 12.8 Å². The Morgan fingerprint density at radius 3 is 1.72 bits per heavy atom. The highest BCUT2D eigenvalue weighted by molar-refractivity contribution is 5.77. The average molecular weight is 426 g/mol. The van der Waals surface area contributed by atoms with E-state index in [1.54, 1.807) is 0 Å². The number of carbonyl (C=O) groups excluding carboxylic acids is 1. The van der Waals surface area contributed by atoms with Gasteiger partial charge in [0.05, 0.1) is 12.6 Å². The van der Waals surface area contributed by atoms with Crippen molar-refractivity contribution in [3.05, 3.63) is 108 Å². The fourth-order valence-electron chi connectivity index (χ4n) is 6.27. The number of ether oxygens (including phenoxy) is 1. The normalized spacial score (nSPS) is 23.5. The van der Waals surface area contributed by atoms with Gasteiger partial charge in [-0.15, -0.1) is 0 Å². The molecule has 0 unspecified atom stereocenters. The second-order valence-electron chi connectivity index (χ2n) is 9.10. The molecule has 0 aromatic heterocycles. The monoisotopic (exact) mass is 425 g/mol. The Kier molecular flexibility index (Phi) is 5.84. The third-order valence-corrected chi connectivity index (χ3v) is 7.52. The minimum atomic E-state index is -0.570. The Morgan fingerprint density at radius 2 is 1.25 bits per heavy atom. The lowest BCUT2D eigenvalue weighted by molar-refractivity contribution is -0.148. The highest BCUT2D eigenvalue weighted by Crippen LogP contribution is 2.52. The van der Waals surface area contributed by atoms with Crippen LogP contribution in [0, 0.1) is 5.92 Å². The van der Waals surface area contributed by atoms with Crippen molar-refractivity contribution >= 4 is 5.97 Å². The summed E-state index contributed by atoms with van der Waals surface area (Å²) < 4.78 is 5.39. The predicted molar refractivity (Wildman–Crippen MR) is 127 cm³/mol. The van der Waals surface area contributed by atoms with Crippen LogP contribution in [0.5, 0.6) is 0 Å². The first kappa shape index (κ1) is 21.0. The van der Waals surface area contributed by atoms with Crippen LogP contribution in [0.2, 0.25) is 0 Å². The average Bonchev–Trinajstić information content (AvgIpc) is 3.26. The Balaban J connectivity index is 1.83. The van der Waals surface area contributed by atoms with E-state index < -0.39 is 5.54 Å². The summed E-state index contributed by atoms with van der Waals surface area (Å²) in [6.45, 7) is 0. The van der Waals surface area contributed by atoms with Crippen molar-refractivity contribution in [2.75, 3.05) is 7.11 Å². The number of methoxy groups -OCH3 is 1. The number of hydrogen-bond donors (Lipinski definition) is 0. The van der Waals surface area contributed by atoms with Crippen molar-refractivity contribution < 1.29 is 9.53 Å². The van der Waals surface area contributed by atoms with Gasteiger partial charge in [0.25, 0.3) is 0 Å². The van der Waals surface area contributed by atoms with Crippen LogP contribution in [0.3, 0.4) is 0 Å². The Hall–Kier alpha value is -2.91. The van der Waals surface area contributed by atoms with E-state index in [0.29, 0.717) is 12.0 Å². The maximum Gasteiger partial charge on any atom is 0.323 e. The number of benzene rings is 3. The van der Waals surface area contributed by atoms with Crippen molar-refractivity contribution in [1.82, 2.24) is 4.90 Å². The number of likely N-dealkylation sites (tertiary alicyclic amines) is 1. The van der Waals surface area contributed by atoms with Crippen LogP contribution in [0.1, 0.15) is 48.8 Å². The quantitative estimate of drug-likeness (QED) is 0.383. The molecular formula is C29H31NO2. The van der Waals surface area contributed by atoms with Crippen molar-refractivity contribution in [2.24, 2.45) is 5.92 Å². The molecule has 0 radical (unpaired) electrons. The zero-order chi connectivity index (χ0) is 22.0. The summed E-state index contributed by atoms with van der Waals surface area (Å²) in [7, 11) is 1.53. The second-order valence-corrected chi connectivity index (χ2v) is 9.10. The van der Waals surface area contributed by atoms with Gasteiger partial charge in [-0.3, -0.25) is 9.69 Å². The fraction of sp³-hybridized carbons (Fsp3) is 0.345. The molecule has 1 saturated heterocycles. The SMILES string of the molecule is COC(=O)[C@@H]1C[C@@H]2CCCC[C@@H]2N1C(c1ccccc1)(c1ccccc1)c1ccccc1. The molecular weight excluding hydrogens is 394 g/mol. The standard InChI is InChI=1S/C29H31NO2/c1-32-28(31)27-21-22-13-11-12-20-26(22)30(27)29(23-14-5-2-6-15-23,24-16-7-3-8-17-24)25-18-9-4-10-19-25/h2-10,14-19,22,26-27H,11-13,20-21H2,1H3/t22-,26-,27-/m0/s1. The van der Waals surface area contributed by atoms with E-state index in [9.17, 15) is 4.79 Å². The number of rotatable bonds is 5. The predicted octanol–water partition coefficient (Wildman–Crippen LogP) is 5.78. The Morgan fingerprint density at radius 1 is 0.781 bits per heavy atom. The molecule has 2 aliphatic rings. The van der Waals surface area contributed by atoms with Crippen LogP contribution in [-0.2, 0) is 15.1 Å². The van der Waals surface area contributed by atoms with Gasteiger partial charge in [-0.2, -0.15) is 0 Å². The first-order valence-electron chi connectivity index (χ1n) is 11.8. The number of carbonyl (C=O) groups is 1. The summed E-state index contributed by atoms with van der Waals surface area (Å²) in [5, 5.41) is 0. The molecule has 3 aromatic carbocycles. The van der Waals surface area contributed by atoms with E-state index in [-0.39, 0.29) is 12.0 Å². The van der Waals surface area contributed by atoms with Gasteiger partial charge in [0.2, 0.25) is 0 Å². The summed E-state index contributed by atoms with van der Waals surface area (Å²) >= 11 is 0. The number of fused-ring (bicyclic) bond motifs is 1. The van der Waals surface area contributed by atoms with Gasteiger partial charge in [0.15, 0.2) is 0 Å². The van der Waals surface area contributed by atoms with Crippen LogP contribution in [0.15, 0.2) is 91.0 Å². The van der Waals surface area contributed by atoms with E-state index in [1.165, 1.54) is 43.1 Å². The first-order valence-corrected chi connectivity index (χ1v) is 11.8. The molecule has 0 bridgehead atoms. The van der Waals surface area contributed by atoms with Crippen LogP contribution < -0.4 is 0 Å². The van der Waals surface area contributed by atoms with Crippen molar-refractivity contribution in [1.29, 1.82) is 0 Å². The lowest BCUT2D eigenvalue weighted by atomic mass is 9.73. The molecule has 3 nitrogen and oxygen atoms in total. The molecule has 164 valence electrons. The summed E-state index contributed by atoms with van der Waals surface area (Å²) in [6, 6.07) is 32.2. The summed E-state index contributed by atoms with van der Waals surface area (Å²) in [6.07, 6.45) is 5.62. The molecule has 1 heterocycles. The number of esters is 1. The molecule has 1 aliphatic carbocycles. The molecule has 3 heteroatoms. The molecule has 1 aliphatic heterocycles. The summed E-state index contributed by atoms with van der Waals surface area (Å²) in [4.78, 5) is 15.8. The molecule has 2 fully saturated rings. The molecule has 3 aromatic rings. The molecule has 1 saturated carbocycles. The second kappa shape index (κ2) is 8.91.